The standard InChI is InChI=1S/C18H17FN4O2/c1-23-16-8-4-7-14(12(16)10-20-23)21-18(24)15-9-17(25-22-15)11-5-2-3-6-13(11)19/h2-3,5-6,9-10,14H,4,7-8H2,1H3,(H,21,24)/t14-/m1/s1. The molecule has 0 saturated carbocycles. The van der Waals surface area contributed by atoms with Crippen LogP contribution in [0.2, 0.25) is 0 Å². The SMILES string of the molecule is Cn1ncc2c1CCC[C@H]2NC(=O)c1cc(-c2ccccc2F)on1. The molecule has 0 aliphatic heterocycles. The number of nitrogens with one attached hydrogen (secondary N) is 1. The monoisotopic (exact) mass is 340 g/mol. The predicted molar refractivity (Wildman–Crippen MR) is 88.3 cm³/mol. The Labute approximate surface area is 143 Å². The molecule has 1 aliphatic carbocycles. The van der Waals surface area contributed by atoms with Crippen LogP contribution in [0.15, 0.2) is 41.1 Å². The zero-order valence-electron chi connectivity index (χ0n) is 13.7. The lowest BCUT2D eigenvalue weighted by Crippen LogP contribution is -2.31. The number of aryl methyl sites for hydroxylation is 1. The van der Waals surface area contributed by atoms with Crippen molar-refractivity contribution in [2.75, 3.05) is 0 Å². The van der Waals surface area contributed by atoms with Crippen LogP contribution in [0.4, 0.5) is 4.39 Å². The predicted octanol–water partition coefficient (Wildman–Crippen LogP) is 3.02. The fourth-order valence-electron chi connectivity index (χ4n) is 3.26. The Morgan fingerprint density at radius 3 is 3.08 bits per heavy atom. The zero-order chi connectivity index (χ0) is 17.4. The van der Waals surface area contributed by atoms with E-state index in [0.717, 1.165) is 30.5 Å². The highest BCUT2D eigenvalue weighted by atomic mass is 19.1. The van der Waals surface area contributed by atoms with Crippen LogP contribution in [-0.2, 0) is 13.5 Å². The maximum Gasteiger partial charge on any atom is 0.273 e. The van der Waals surface area contributed by atoms with Gasteiger partial charge in [0.05, 0.1) is 17.8 Å². The van der Waals surface area contributed by atoms with Crippen molar-refractivity contribution in [2.45, 2.75) is 25.3 Å². The van der Waals surface area contributed by atoms with E-state index in [9.17, 15) is 9.18 Å². The normalized spacial score (nSPS) is 16.5. The van der Waals surface area contributed by atoms with Crippen molar-refractivity contribution in [1.29, 1.82) is 0 Å². The van der Waals surface area contributed by atoms with Crippen LogP contribution in [-0.4, -0.2) is 20.8 Å². The van der Waals surface area contributed by atoms with Crippen LogP contribution in [0, 0.1) is 5.82 Å². The molecule has 0 saturated heterocycles. The summed E-state index contributed by atoms with van der Waals surface area (Å²) in [6.45, 7) is 0. The molecule has 0 radical (unpaired) electrons. The largest absolute Gasteiger partial charge is 0.355 e. The van der Waals surface area contributed by atoms with Crippen molar-refractivity contribution in [1.82, 2.24) is 20.3 Å². The number of carbonyl (C=O) groups is 1. The third-order valence-corrected chi connectivity index (χ3v) is 4.56. The van der Waals surface area contributed by atoms with E-state index in [4.69, 9.17) is 4.52 Å². The average molecular weight is 340 g/mol. The number of hydrogen-bond acceptors (Lipinski definition) is 4. The highest BCUT2D eigenvalue weighted by Gasteiger charge is 2.26. The van der Waals surface area contributed by atoms with Gasteiger partial charge in [0.25, 0.3) is 5.91 Å². The number of fused-ring (bicyclic) bond motifs is 1. The van der Waals surface area contributed by atoms with Crippen molar-refractivity contribution in [3.05, 3.63) is 59.3 Å². The number of rotatable bonds is 3. The molecule has 128 valence electrons. The Kier molecular flexibility index (Phi) is 3.83. The quantitative estimate of drug-likeness (QED) is 0.795. The highest BCUT2D eigenvalue weighted by molar-refractivity contribution is 5.93. The second-order valence-electron chi connectivity index (χ2n) is 6.14. The summed E-state index contributed by atoms with van der Waals surface area (Å²) in [4.78, 5) is 12.5. The average Bonchev–Trinajstić information content (AvgIpc) is 3.24. The van der Waals surface area contributed by atoms with E-state index in [-0.39, 0.29) is 29.0 Å². The van der Waals surface area contributed by atoms with Crippen LogP contribution >= 0.6 is 0 Å². The number of amides is 1. The fourth-order valence-corrected chi connectivity index (χ4v) is 3.26. The zero-order valence-corrected chi connectivity index (χ0v) is 13.7. The summed E-state index contributed by atoms with van der Waals surface area (Å²) >= 11 is 0. The third kappa shape index (κ3) is 2.82. The number of aromatic nitrogens is 3. The minimum absolute atomic E-state index is 0.0986. The van der Waals surface area contributed by atoms with E-state index < -0.39 is 5.82 Å². The summed E-state index contributed by atoms with van der Waals surface area (Å²) < 4.78 is 20.8. The molecule has 0 spiro atoms. The van der Waals surface area contributed by atoms with Crippen LogP contribution < -0.4 is 5.32 Å². The maximum absolute atomic E-state index is 13.8. The van der Waals surface area contributed by atoms with Gasteiger partial charge in [-0.2, -0.15) is 5.10 Å². The van der Waals surface area contributed by atoms with Gasteiger partial charge in [-0.25, -0.2) is 4.39 Å². The lowest BCUT2D eigenvalue weighted by Gasteiger charge is -2.23. The molecule has 0 bridgehead atoms. The highest BCUT2D eigenvalue weighted by Crippen LogP contribution is 2.29. The molecular weight excluding hydrogens is 323 g/mol. The first-order valence-corrected chi connectivity index (χ1v) is 8.16. The maximum atomic E-state index is 13.8. The van der Waals surface area contributed by atoms with Crippen molar-refractivity contribution in [3.63, 3.8) is 0 Å². The molecule has 3 aromatic rings. The second kappa shape index (κ2) is 6.16. The molecule has 2 heterocycles. The summed E-state index contributed by atoms with van der Waals surface area (Å²) in [5, 5.41) is 11.0. The molecule has 4 rings (SSSR count). The van der Waals surface area contributed by atoms with Gasteiger partial charge in [-0.1, -0.05) is 17.3 Å². The minimum Gasteiger partial charge on any atom is -0.355 e. The molecule has 25 heavy (non-hydrogen) atoms. The molecule has 1 N–H and O–H groups in total. The van der Waals surface area contributed by atoms with Crippen molar-refractivity contribution < 1.29 is 13.7 Å². The smallest absolute Gasteiger partial charge is 0.273 e. The minimum atomic E-state index is -0.419. The summed E-state index contributed by atoms with van der Waals surface area (Å²) in [5.41, 5.74) is 2.60. The summed E-state index contributed by atoms with van der Waals surface area (Å²) in [7, 11) is 1.90. The number of hydrogen-bond donors (Lipinski definition) is 1. The van der Waals surface area contributed by atoms with Gasteiger partial charge in [0.2, 0.25) is 0 Å². The third-order valence-electron chi connectivity index (χ3n) is 4.56. The van der Waals surface area contributed by atoms with Crippen molar-refractivity contribution in [2.24, 2.45) is 7.05 Å². The van der Waals surface area contributed by atoms with Gasteiger partial charge < -0.3 is 9.84 Å². The Bertz CT molecular complexity index is 931. The van der Waals surface area contributed by atoms with Crippen molar-refractivity contribution >= 4 is 5.91 Å². The fraction of sp³-hybridized carbons (Fsp3) is 0.278. The van der Waals surface area contributed by atoms with Crippen LogP contribution in [0.5, 0.6) is 0 Å². The Morgan fingerprint density at radius 2 is 2.24 bits per heavy atom. The topological polar surface area (TPSA) is 73.0 Å². The van der Waals surface area contributed by atoms with Gasteiger partial charge in [0.1, 0.15) is 5.82 Å². The van der Waals surface area contributed by atoms with E-state index in [1.54, 1.807) is 24.4 Å². The summed E-state index contributed by atoms with van der Waals surface area (Å²) in [6.07, 6.45) is 4.59. The summed E-state index contributed by atoms with van der Waals surface area (Å²) in [6, 6.07) is 7.58. The second-order valence-corrected chi connectivity index (χ2v) is 6.14. The lowest BCUT2D eigenvalue weighted by molar-refractivity contribution is 0.0923. The lowest BCUT2D eigenvalue weighted by atomic mass is 9.93. The number of halogens is 1. The first-order valence-electron chi connectivity index (χ1n) is 8.16. The summed E-state index contributed by atoms with van der Waals surface area (Å²) in [5.74, 6) is -0.528. The van der Waals surface area contributed by atoms with E-state index in [0.29, 0.717) is 0 Å². The van der Waals surface area contributed by atoms with Crippen molar-refractivity contribution in [3.8, 4) is 11.3 Å². The first kappa shape index (κ1) is 15.6. The number of benzene rings is 1. The number of nitrogens with zero attached hydrogens (tertiary/aromatic N) is 3. The van der Waals surface area contributed by atoms with Gasteiger partial charge in [0.15, 0.2) is 11.5 Å². The molecule has 1 aliphatic rings. The van der Waals surface area contributed by atoms with E-state index in [1.165, 1.54) is 12.1 Å². The van der Waals surface area contributed by atoms with E-state index in [2.05, 4.69) is 15.6 Å². The van der Waals surface area contributed by atoms with Crippen LogP contribution in [0.25, 0.3) is 11.3 Å². The molecule has 0 unspecified atom stereocenters. The van der Waals surface area contributed by atoms with Gasteiger partial charge in [-0.15, -0.1) is 0 Å². The van der Waals surface area contributed by atoms with E-state index in [1.807, 2.05) is 11.7 Å². The first-order chi connectivity index (χ1) is 12.1. The van der Waals surface area contributed by atoms with Gasteiger partial charge >= 0.3 is 0 Å². The van der Waals surface area contributed by atoms with Crippen LogP contribution in [0.3, 0.4) is 0 Å². The molecule has 6 nitrogen and oxygen atoms in total. The van der Waals surface area contributed by atoms with Gasteiger partial charge in [-0.05, 0) is 31.4 Å². The number of carbonyl (C=O) groups excluding carboxylic acids is 1. The van der Waals surface area contributed by atoms with Gasteiger partial charge in [0, 0.05) is 24.4 Å². The van der Waals surface area contributed by atoms with Crippen LogP contribution in [0.1, 0.15) is 40.6 Å². The molecule has 7 heteroatoms. The van der Waals surface area contributed by atoms with E-state index >= 15 is 0 Å². The Hall–Kier alpha value is -2.96. The molecule has 1 aromatic carbocycles. The molecule has 2 aromatic heterocycles. The molecule has 1 atom stereocenters. The Balaban J connectivity index is 1.54. The molecule has 0 fully saturated rings. The molecule has 1 amide bonds. The van der Waals surface area contributed by atoms with Gasteiger partial charge in [-0.3, -0.25) is 9.48 Å². The molecular formula is C18H17FN4O2. The Morgan fingerprint density at radius 1 is 1.40 bits per heavy atom.